The molecular formula is C17H15N3O. The SMILES string of the molecule is CN(C(=O)C1Cc2ccccc2N1)c1ccccc1C#N. The lowest BCUT2D eigenvalue weighted by Gasteiger charge is -2.22. The number of nitrogens with zero attached hydrogens (tertiary/aromatic N) is 2. The summed E-state index contributed by atoms with van der Waals surface area (Å²) < 4.78 is 0. The van der Waals surface area contributed by atoms with Crippen LogP contribution in [0.3, 0.4) is 0 Å². The molecule has 0 aromatic heterocycles. The second-order valence-corrected chi connectivity index (χ2v) is 5.08. The van der Waals surface area contributed by atoms with E-state index in [0.29, 0.717) is 17.7 Å². The summed E-state index contributed by atoms with van der Waals surface area (Å²) in [5.74, 6) is -0.0334. The lowest BCUT2D eigenvalue weighted by molar-refractivity contribution is -0.118. The highest BCUT2D eigenvalue weighted by atomic mass is 16.2. The van der Waals surface area contributed by atoms with Gasteiger partial charge in [0.25, 0.3) is 0 Å². The average Bonchev–Trinajstić information content (AvgIpc) is 2.97. The second kappa shape index (κ2) is 5.29. The van der Waals surface area contributed by atoms with E-state index in [-0.39, 0.29) is 11.9 Å². The molecule has 1 aliphatic heterocycles. The van der Waals surface area contributed by atoms with Gasteiger partial charge in [-0.1, -0.05) is 30.3 Å². The Morgan fingerprint density at radius 2 is 1.95 bits per heavy atom. The molecule has 2 aromatic carbocycles. The third-order valence-electron chi connectivity index (χ3n) is 3.79. The molecule has 2 aromatic rings. The number of rotatable bonds is 2. The van der Waals surface area contributed by atoms with Crippen LogP contribution in [0.4, 0.5) is 11.4 Å². The molecular weight excluding hydrogens is 262 g/mol. The molecule has 1 atom stereocenters. The van der Waals surface area contributed by atoms with E-state index in [0.717, 1.165) is 11.3 Å². The van der Waals surface area contributed by atoms with Gasteiger partial charge >= 0.3 is 0 Å². The summed E-state index contributed by atoms with van der Waals surface area (Å²) in [4.78, 5) is 14.2. The van der Waals surface area contributed by atoms with Crippen LogP contribution >= 0.6 is 0 Å². The molecule has 1 heterocycles. The molecule has 0 bridgehead atoms. The van der Waals surface area contributed by atoms with Crippen molar-refractivity contribution in [2.24, 2.45) is 0 Å². The van der Waals surface area contributed by atoms with Gasteiger partial charge in [0.2, 0.25) is 5.91 Å². The first-order chi connectivity index (χ1) is 10.2. The van der Waals surface area contributed by atoms with E-state index in [1.165, 1.54) is 0 Å². The maximum absolute atomic E-state index is 12.6. The standard InChI is InChI=1S/C17H15N3O/c1-20(16-9-5-3-7-13(16)11-18)17(21)15-10-12-6-2-4-8-14(12)19-15/h2-9,15,19H,10H2,1H3. The van der Waals surface area contributed by atoms with E-state index in [1.54, 1.807) is 30.1 Å². The van der Waals surface area contributed by atoms with Crippen LogP contribution in [0.25, 0.3) is 0 Å². The van der Waals surface area contributed by atoms with Crippen molar-refractivity contribution < 1.29 is 4.79 Å². The van der Waals surface area contributed by atoms with Crippen molar-refractivity contribution >= 4 is 17.3 Å². The number of amides is 1. The predicted molar refractivity (Wildman–Crippen MR) is 82.1 cm³/mol. The van der Waals surface area contributed by atoms with Gasteiger partial charge in [0, 0.05) is 19.2 Å². The number of anilines is 2. The van der Waals surface area contributed by atoms with Gasteiger partial charge in [0.1, 0.15) is 12.1 Å². The van der Waals surface area contributed by atoms with E-state index in [1.807, 2.05) is 30.3 Å². The Morgan fingerprint density at radius 1 is 1.24 bits per heavy atom. The van der Waals surface area contributed by atoms with Gasteiger partial charge in [0.15, 0.2) is 0 Å². The Balaban J connectivity index is 1.82. The Bertz CT molecular complexity index is 708. The molecule has 0 radical (unpaired) electrons. The Labute approximate surface area is 123 Å². The minimum absolute atomic E-state index is 0.0334. The minimum Gasteiger partial charge on any atom is -0.373 e. The first-order valence-corrected chi connectivity index (χ1v) is 6.82. The van der Waals surface area contributed by atoms with Crippen molar-refractivity contribution in [2.75, 3.05) is 17.3 Å². The summed E-state index contributed by atoms with van der Waals surface area (Å²) in [6.07, 6.45) is 0.675. The fourth-order valence-electron chi connectivity index (χ4n) is 2.66. The van der Waals surface area contributed by atoms with Crippen LogP contribution in [0.15, 0.2) is 48.5 Å². The van der Waals surface area contributed by atoms with Crippen molar-refractivity contribution in [3.63, 3.8) is 0 Å². The highest BCUT2D eigenvalue weighted by Crippen LogP contribution is 2.27. The summed E-state index contributed by atoms with van der Waals surface area (Å²) >= 11 is 0. The fraction of sp³-hybridized carbons (Fsp3) is 0.176. The Kier molecular flexibility index (Phi) is 3.33. The van der Waals surface area contributed by atoms with Gasteiger partial charge < -0.3 is 10.2 Å². The topological polar surface area (TPSA) is 56.1 Å². The van der Waals surface area contributed by atoms with Crippen LogP contribution in [0.2, 0.25) is 0 Å². The molecule has 1 N–H and O–H groups in total. The van der Waals surface area contributed by atoms with Crippen LogP contribution in [-0.2, 0) is 11.2 Å². The monoisotopic (exact) mass is 277 g/mol. The molecule has 0 saturated heterocycles. The van der Waals surface area contributed by atoms with E-state index < -0.39 is 0 Å². The third kappa shape index (κ3) is 2.34. The first-order valence-electron chi connectivity index (χ1n) is 6.82. The molecule has 0 aliphatic carbocycles. The van der Waals surface area contributed by atoms with Gasteiger partial charge in [0.05, 0.1) is 11.3 Å². The number of carbonyl (C=O) groups is 1. The van der Waals surface area contributed by atoms with Crippen molar-refractivity contribution in [1.29, 1.82) is 5.26 Å². The van der Waals surface area contributed by atoms with Crippen molar-refractivity contribution in [3.05, 3.63) is 59.7 Å². The molecule has 4 heteroatoms. The number of para-hydroxylation sites is 2. The molecule has 1 aliphatic rings. The largest absolute Gasteiger partial charge is 0.373 e. The predicted octanol–water partition coefficient (Wildman–Crippen LogP) is 2.56. The highest BCUT2D eigenvalue weighted by molar-refractivity contribution is 6.00. The van der Waals surface area contributed by atoms with Crippen molar-refractivity contribution in [3.8, 4) is 6.07 Å². The second-order valence-electron chi connectivity index (χ2n) is 5.08. The molecule has 104 valence electrons. The summed E-state index contributed by atoms with van der Waals surface area (Å²) in [6, 6.07) is 16.9. The number of likely N-dealkylation sites (N-methyl/N-ethyl adjacent to an activating group) is 1. The summed E-state index contributed by atoms with van der Waals surface area (Å²) in [5.41, 5.74) is 3.31. The number of nitriles is 1. The van der Waals surface area contributed by atoms with Gasteiger partial charge in [-0.05, 0) is 23.8 Å². The van der Waals surface area contributed by atoms with Crippen LogP contribution < -0.4 is 10.2 Å². The Morgan fingerprint density at radius 3 is 2.71 bits per heavy atom. The lowest BCUT2D eigenvalue weighted by Crippen LogP contribution is -2.40. The first kappa shape index (κ1) is 13.2. The van der Waals surface area contributed by atoms with Crippen LogP contribution in [-0.4, -0.2) is 19.0 Å². The minimum atomic E-state index is -0.279. The van der Waals surface area contributed by atoms with Crippen molar-refractivity contribution in [2.45, 2.75) is 12.5 Å². The number of hydrogen-bond acceptors (Lipinski definition) is 3. The molecule has 4 nitrogen and oxygen atoms in total. The zero-order valence-electron chi connectivity index (χ0n) is 11.7. The molecule has 21 heavy (non-hydrogen) atoms. The number of benzene rings is 2. The molecule has 3 rings (SSSR count). The number of fused-ring (bicyclic) bond motifs is 1. The number of carbonyl (C=O) groups excluding carboxylic acids is 1. The van der Waals surface area contributed by atoms with E-state index >= 15 is 0 Å². The van der Waals surface area contributed by atoms with E-state index in [9.17, 15) is 4.79 Å². The van der Waals surface area contributed by atoms with Gasteiger partial charge in [-0.25, -0.2) is 0 Å². The van der Waals surface area contributed by atoms with Crippen LogP contribution in [0.1, 0.15) is 11.1 Å². The smallest absolute Gasteiger partial charge is 0.249 e. The highest BCUT2D eigenvalue weighted by Gasteiger charge is 2.29. The average molecular weight is 277 g/mol. The van der Waals surface area contributed by atoms with Gasteiger partial charge in [-0.15, -0.1) is 0 Å². The van der Waals surface area contributed by atoms with E-state index in [2.05, 4.69) is 11.4 Å². The maximum atomic E-state index is 12.6. The Hall–Kier alpha value is -2.80. The van der Waals surface area contributed by atoms with Crippen molar-refractivity contribution in [1.82, 2.24) is 0 Å². The van der Waals surface area contributed by atoms with Crippen LogP contribution in [0.5, 0.6) is 0 Å². The zero-order valence-corrected chi connectivity index (χ0v) is 11.7. The summed E-state index contributed by atoms with van der Waals surface area (Å²) in [7, 11) is 1.71. The van der Waals surface area contributed by atoms with E-state index in [4.69, 9.17) is 5.26 Å². The van der Waals surface area contributed by atoms with Gasteiger partial charge in [-0.3, -0.25) is 4.79 Å². The molecule has 1 amide bonds. The molecule has 0 spiro atoms. The molecule has 0 saturated carbocycles. The number of nitrogens with one attached hydrogen (secondary N) is 1. The van der Waals surface area contributed by atoms with Gasteiger partial charge in [-0.2, -0.15) is 5.26 Å². The summed E-state index contributed by atoms with van der Waals surface area (Å²) in [5, 5.41) is 12.4. The molecule has 1 unspecified atom stereocenters. The lowest BCUT2D eigenvalue weighted by atomic mass is 10.1. The quantitative estimate of drug-likeness (QED) is 0.917. The molecule has 0 fully saturated rings. The zero-order chi connectivity index (χ0) is 14.8. The maximum Gasteiger partial charge on any atom is 0.249 e. The fourth-order valence-corrected chi connectivity index (χ4v) is 2.66. The summed E-state index contributed by atoms with van der Waals surface area (Å²) in [6.45, 7) is 0. The van der Waals surface area contributed by atoms with Crippen LogP contribution in [0, 0.1) is 11.3 Å². The number of hydrogen-bond donors (Lipinski definition) is 1. The normalized spacial score (nSPS) is 15.7. The third-order valence-corrected chi connectivity index (χ3v) is 3.79.